The summed E-state index contributed by atoms with van der Waals surface area (Å²) >= 11 is 0. The molecule has 2 aromatic carbocycles. The third-order valence-corrected chi connectivity index (χ3v) is 3.22. The molecule has 0 saturated heterocycles. The van der Waals surface area contributed by atoms with Gasteiger partial charge >= 0.3 is 5.97 Å². The number of hydrogen-bond acceptors (Lipinski definition) is 2. The molecular formula is C17H18O3. The molecule has 0 aromatic heterocycles. The van der Waals surface area contributed by atoms with Gasteiger partial charge in [-0.2, -0.15) is 0 Å². The lowest BCUT2D eigenvalue weighted by atomic mass is 10.1. The van der Waals surface area contributed by atoms with Crippen molar-refractivity contribution in [1.82, 2.24) is 0 Å². The van der Waals surface area contributed by atoms with E-state index < -0.39 is 5.97 Å². The summed E-state index contributed by atoms with van der Waals surface area (Å²) in [5, 5.41) is 9.15. The fraction of sp³-hybridized carbons (Fsp3) is 0.235. The van der Waals surface area contributed by atoms with Crippen LogP contribution in [0.15, 0.2) is 36.4 Å². The largest absolute Gasteiger partial charge is 0.488 e. The fourth-order valence-corrected chi connectivity index (χ4v) is 2.40. The Morgan fingerprint density at radius 3 is 2.30 bits per heavy atom. The zero-order chi connectivity index (χ0) is 14.7. The smallest absolute Gasteiger partial charge is 0.336 e. The van der Waals surface area contributed by atoms with Crippen LogP contribution in [0.1, 0.15) is 32.6 Å². The van der Waals surface area contributed by atoms with Gasteiger partial charge in [-0.15, -0.1) is 0 Å². The highest BCUT2D eigenvalue weighted by molar-refractivity contribution is 5.89. The summed E-state index contributed by atoms with van der Waals surface area (Å²) in [5.41, 5.74) is 4.29. The summed E-state index contributed by atoms with van der Waals surface area (Å²) < 4.78 is 5.84. The maximum Gasteiger partial charge on any atom is 0.336 e. The number of carboxylic acids is 1. The van der Waals surface area contributed by atoms with Gasteiger partial charge in [0, 0.05) is 5.56 Å². The van der Waals surface area contributed by atoms with Crippen molar-refractivity contribution in [3.05, 3.63) is 64.2 Å². The minimum absolute atomic E-state index is 0.257. The molecule has 104 valence electrons. The number of ether oxygens (including phenoxy) is 1. The van der Waals surface area contributed by atoms with Crippen molar-refractivity contribution < 1.29 is 14.6 Å². The van der Waals surface area contributed by atoms with Crippen LogP contribution in [0, 0.1) is 20.8 Å². The van der Waals surface area contributed by atoms with Crippen LogP contribution in [-0.4, -0.2) is 11.1 Å². The molecule has 20 heavy (non-hydrogen) atoms. The molecule has 0 aliphatic heterocycles. The highest BCUT2D eigenvalue weighted by Gasteiger charge is 2.11. The summed E-state index contributed by atoms with van der Waals surface area (Å²) in [6.45, 7) is 6.30. The summed E-state index contributed by atoms with van der Waals surface area (Å²) in [4.78, 5) is 11.2. The van der Waals surface area contributed by atoms with Crippen molar-refractivity contribution in [1.29, 1.82) is 0 Å². The van der Waals surface area contributed by atoms with Crippen molar-refractivity contribution in [2.45, 2.75) is 27.4 Å². The summed E-state index contributed by atoms with van der Waals surface area (Å²) in [5.74, 6) is -0.0997. The molecule has 2 aromatic rings. The van der Waals surface area contributed by atoms with Crippen LogP contribution >= 0.6 is 0 Å². The normalized spacial score (nSPS) is 10.3. The van der Waals surface area contributed by atoms with Crippen LogP contribution in [0.5, 0.6) is 5.75 Å². The van der Waals surface area contributed by atoms with Gasteiger partial charge in [-0.3, -0.25) is 0 Å². The zero-order valence-electron chi connectivity index (χ0n) is 11.9. The second-order valence-corrected chi connectivity index (χ2v) is 4.98. The molecule has 0 spiro atoms. The van der Waals surface area contributed by atoms with Crippen molar-refractivity contribution >= 4 is 5.97 Å². The molecule has 0 aliphatic rings. The van der Waals surface area contributed by atoms with Crippen LogP contribution in [0.25, 0.3) is 0 Å². The van der Waals surface area contributed by atoms with E-state index in [1.54, 1.807) is 18.2 Å². The van der Waals surface area contributed by atoms with Gasteiger partial charge in [0.25, 0.3) is 0 Å². The van der Waals surface area contributed by atoms with Gasteiger partial charge in [0.05, 0.1) is 5.56 Å². The van der Waals surface area contributed by atoms with E-state index in [1.807, 2.05) is 26.8 Å². The Kier molecular flexibility index (Phi) is 4.08. The van der Waals surface area contributed by atoms with E-state index in [4.69, 9.17) is 9.84 Å². The minimum Gasteiger partial charge on any atom is -0.488 e. The van der Waals surface area contributed by atoms with Crippen molar-refractivity contribution in [2.24, 2.45) is 0 Å². The molecule has 2 rings (SSSR count). The summed E-state index contributed by atoms with van der Waals surface area (Å²) in [6, 6.07) is 11.0. The number of carboxylic acid groups (broad SMARTS) is 1. The number of aromatic carboxylic acids is 1. The predicted molar refractivity (Wildman–Crippen MR) is 78.4 cm³/mol. The standard InChI is InChI=1S/C17H18O3/c1-11-8-12(2)16(13(3)9-11)20-10-14-6-4-5-7-15(14)17(18)19/h4-9H,10H2,1-3H3,(H,18,19). The van der Waals surface area contributed by atoms with E-state index in [9.17, 15) is 4.79 Å². The number of carbonyl (C=O) groups is 1. The average Bonchev–Trinajstić information content (AvgIpc) is 2.37. The molecule has 0 unspecified atom stereocenters. The lowest BCUT2D eigenvalue weighted by molar-refractivity contribution is 0.0694. The molecule has 1 N–H and O–H groups in total. The van der Waals surface area contributed by atoms with Gasteiger partial charge in [0.2, 0.25) is 0 Å². The van der Waals surface area contributed by atoms with Gasteiger partial charge in [0.15, 0.2) is 0 Å². The van der Waals surface area contributed by atoms with Crippen LogP contribution in [-0.2, 0) is 6.61 Å². The summed E-state index contributed by atoms with van der Waals surface area (Å²) in [7, 11) is 0. The molecule has 0 atom stereocenters. The van der Waals surface area contributed by atoms with E-state index in [1.165, 1.54) is 5.56 Å². The van der Waals surface area contributed by atoms with Crippen molar-refractivity contribution in [2.75, 3.05) is 0 Å². The third-order valence-electron chi connectivity index (χ3n) is 3.22. The molecule has 0 amide bonds. The number of benzene rings is 2. The Morgan fingerprint density at radius 1 is 1.10 bits per heavy atom. The first-order chi connectivity index (χ1) is 9.49. The van der Waals surface area contributed by atoms with E-state index in [0.717, 1.165) is 16.9 Å². The summed E-state index contributed by atoms with van der Waals surface area (Å²) in [6.07, 6.45) is 0. The molecular weight excluding hydrogens is 252 g/mol. The average molecular weight is 270 g/mol. The Balaban J connectivity index is 2.24. The van der Waals surface area contributed by atoms with Gasteiger partial charge in [-0.25, -0.2) is 4.79 Å². The van der Waals surface area contributed by atoms with Gasteiger partial charge < -0.3 is 9.84 Å². The molecule has 0 heterocycles. The first kappa shape index (κ1) is 14.1. The second-order valence-electron chi connectivity index (χ2n) is 4.98. The molecule has 0 aliphatic carbocycles. The lowest BCUT2D eigenvalue weighted by Gasteiger charge is -2.14. The lowest BCUT2D eigenvalue weighted by Crippen LogP contribution is -2.06. The van der Waals surface area contributed by atoms with Crippen molar-refractivity contribution in [3.8, 4) is 5.75 Å². The van der Waals surface area contributed by atoms with E-state index in [0.29, 0.717) is 5.56 Å². The van der Waals surface area contributed by atoms with Gasteiger partial charge in [-0.05, 0) is 38.0 Å². The van der Waals surface area contributed by atoms with Crippen LogP contribution in [0.4, 0.5) is 0 Å². The second kappa shape index (κ2) is 5.78. The molecule has 0 bridgehead atoms. The molecule has 0 radical (unpaired) electrons. The number of aryl methyl sites for hydroxylation is 3. The Morgan fingerprint density at radius 2 is 1.70 bits per heavy atom. The first-order valence-corrected chi connectivity index (χ1v) is 6.51. The maximum atomic E-state index is 11.2. The van der Waals surface area contributed by atoms with E-state index in [-0.39, 0.29) is 12.2 Å². The highest BCUT2D eigenvalue weighted by atomic mass is 16.5. The monoisotopic (exact) mass is 270 g/mol. The highest BCUT2D eigenvalue weighted by Crippen LogP contribution is 2.25. The molecule has 3 heteroatoms. The van der Waals surface area contributed by atoms with Crippen LogP contribution < -0.4 is 4.74 Å². The van der Waals surface area contributed by atoms with E-state index in [2.05, 4.69) is 12.1 Å². The maximum absolute atomic E-state index is 11.2. The molecule has 3 nitrogen and oxygen atoms in total. The Bertz CT molecular complexity index is 621. The van der Waals surface area contributed by atoms with Gasteiger partial charge in [0.1, 0.15) is 12.4 Å². The predicted octanol–water partition coefficient (Wildman–Crippen LogP) is 3.89. The third kappa shape index (κ3) is 2.99. The molecule has 0 fully saturated rings. The Labute approximate surface area is 118 Å². The van der Waals surface area contributed by atoms with E-state index >= 15 is 0 Å². The fourth-order valence-electron chi connectivity index (χ4n) is 2.40. The number of rotatable bonds is 4. The minimum atomic E-state index is -0.929. The van der Waals surface area contributed by atoms with Crippen LogP contribution in [0.2, 0.25) is 0 Å². The number of hydrogen-bond donors (Lipinski definition) is 1. The Hall–Kier alpha value is -2.29. The quantitative estimate of drug-likeness (QED) is 0.916. The van der Waals surface area contributed by atoms with Crippen LogP contribution in [0.3, 0.4) is 0 Å². The van der Waals surface area contributed by atoms with Crippen molar-refractivity contribution in [3.63, 3.8) is 0 Å². The first-order valence-electron chi connectivity index (χ1n) is 6.51. The zero-order valence-corrected chi connectivity index (χ0v) is 11.9. The van der Waals surface area contributed by atoms with Gasteiger partial charge in [-0.1, -0.05) is 35.9 Å². The molecule has 0 saturated carbocycles. The topological polar surface area (TPSA) is 46.5 Å². The SMILES string of the molecule is Cc1cc(C)c(OCc2ccccc2C(=O)O)c(C)c1.